The number of halogens is 1. The first-order valence-corrected chi connectivity index (χ1v) is 16.6. The van der Waals surface area contributed by atoms with Gasteiger partial charge in [0.1, 0.15) is 30.1 Å². The molecule has 1 saturated carbocycles. The van der Waals surface area contributed by atoms with Crippen molar-refractivity contribution in [1.29, 1.82) is 0 Å². The highest BCUT2D eigenvalue weighted by Gasteiger charge is 2.29. The van der Waals surface area contributed by atoms with Crippen LogP contribution in [0.3, 0.4) is 0 Å². The van der Waals surface area contributed by atoms with E-state index in [0.717, 1.165) is 63.1 Å². The highest BCUT2D eigenvalue weighted by Crippen LogP contribution is 2.35. The normalized spacial score (nSPS) is 19.2. The second-order valence-electron chi connectivity index (χ2n) is 12.0. The molecular formula is C32H38ClN11O4. The van der Waals surface area contributed by atoms with Gasteiger partial charge in [-0.1, -0.05) is 17.7 Å². The third-order valence-corrected chi connectivity index (χ3v) is 8.98. The lowest BCUT2D eigenvalue weighted by atomic mass is 9.90. The largest absolute Gasteiger partial charge is 0.487 e. The van der Waals surface area contributed by atoms with E-state index in [2.05, 4.69) is 40.7 Å². The van der Waals surface area contributed by atoms with Crippen LogP contribution in [0.25, 0.3) is 11.1 Å². The van der Waals surface area contributed by atoms with Crippen LogP contribution in [-0.4, -0.2) is 94.9 Å². The Morgan fingerprint density at radius 3 is 2.60 bits per heavy atom. The van der Waals surface area contributed by atoms with Gasteiger partial charge in [-0.25, -0.2) is 19.6 Å². The Morgan fingerprint density at radius 2 is 1.85 bits per heavy atom. The fourth-order valence-electron chi connectivity index (χ4n) is 6.21. The van der Waals surface area contributed by atoms with Crippen molar-refractivity contribution in [3.63, 3.8) is 0 Å². The number of anilines is 2. The number of ether oxygens (including phenoxy) is 3. The molecule has 1 aliphatic carbocycles. The molecule has 5 heterocycles. The van der Waals surface area contributed by atoms with Crippen LogP contribution < -0.4 is 14.8 Å². The molecule has 15 nitrogen and oxygen atoms in total. The number of rotatable bonds is 13. The molecule has 4 aromatic heterocycles. The molecule has 1 N–H and O–H groups in total. The topological polar surface area (TPSA) is 156 Å². The van der Waals surface area contributed by atoms with Crippen LogP contribution in [0.1, 0.15) is 44.5 Å². The standard InChI is InChI=1S/C32H38ClN11O4/c1-22(19-43-21-37-40-41-43)48-29-16-23(2-7-27(29)33)24-17-35-32(36-18-24)38-28-20-44(39-31(28)47-12-8-30-34-9-13-46-30)26-5-3-25(4-6-26)42-10-14-45-15-11-42/h2,7,9,13,16-18,20-22,25-26H,3-6,8,10-12,14-15,19H2,1H3,(H,35,36,38)/t22-,25?,26?/m0/s1. The summed E-state index contributed by atoms with van der Waals surface area (Å²) < 4.78 is 26.8. The molecule has 2 aliphatic rings. The summed E-state index contributed by atoms with van der Waals surface area (Å²) in [7, 11) is 0. The first-order valence-electron chi connectivity index (χ1n) is 16.3. The molecule has 2 fully saturated rings. The van der Waals surface area contributed by atoms with E-state index >= 15 is 0 Å². The Labute approximate surface area is 282 Å². The van der Waals surface area contributed by atoms with Gasteiger partial charge >= 0.3 is 0 Å². The van der Waals surface area contributed by atoms with E-state index in [4.69, 9.17) is 35.3 Å². The van der Waals surface area contributed by atoms with Crippen molar-refractivity contribution in [2.45, 2.75) is 63.8 Å². The fraction of sp³-hybridized carbons (Fsp3) is 0.469. The number of nitrogens with zero attached hydrogens (tertiary/aromatic N) is 10. The van der Waals surface area contributed by atoms with Crippen LogP contribution in [0.4, 0.5) is 11.6 Å². The van der Waals surface area contributed by atoms with E-state index in [1.54, 1.807) is 41.9 Å². The molecule has 0 radical (unpaired) electrons. The third-order valence-electron chi connectivity index (χ3n) is 8.67. The average Bonchev–Trinajstić information content (AvgIpc) is 3.91. The maximum absolute atomic E-state index is 6.46. The lowest BCUT2D eigenvalue weighted by Crippen LogP contribution is -2.45. The SMILES string of the molecule is C[C@@H](Cn1cnnn1)Oc1cc(-c2cnc(Nc3cn(C4CCC(N5CCOCC5)CC4)nc3OCCc3ncco3)nc2)ccc1Cl. The van der Waals surface area contributed by atoms with Gasteiger partial charge in [-0.15, -0.1) is 10.2 Å². The van der Waals surface area contributed by atoms with E-state index in [9.17, 15) is 0 Å². The van der Waals surface area contributed by atoms with Gasteiger partial charge in [0.25, 0.3) is 5.88 Å². The number of morpholine rings is 1. The molecule has 1 aliphatic heterocycles. The maximum atomic E-state index is 6.46. The summed E-state index contributed by atoms with van der Waals surface area (Å²) in [4.78, 5) is 16.0. The molecule has 0 spiro atoms. The van der Waals surface area contributed by atoms with Crippen LogP contribution in [0.5, 0.6) is 11.6 Å². The zero-order valence-corrected chi connectivity index (χ0v) is 27.4. The van der Waals surface area contributed by atoms with Gasteiger partial charge < -0.3 is 23.9 Å². The molecule has 48 heavy (non-hydrogen) atoms. The predicted molar refractivity (Wildman–Crippen MR) is 175 cm³/mol. The molecule has 5 aromatic rings. The molecule has 7 rings (SSSR count). The summed E-state index contributed by atoms with van der Waals surface area (Å²) >= 11 is 6.46. The first-order chi connectivity index (χ1) is 23.6. The van der Waals surface area contributed by atoms with E-state index in [0.29, 0.717) is 59.8 Å². The molecule has 0 bridgehead atoms. The smallest absolute Gasteiger partial charge is 0.256 e. The molecule has 16 heteroatoms. The van der Waals surface area contributed by atoms with Crippen LogP contribution in [0.15, 0.2) is 60.0 Å². The summed E-state index contributed by atoms with van der Waals surface area (Å²) in [6, 6.07) is 6.47. The Kier molecular flexibility index (Phi) is 10.1. The summed E-state index contributed by atoms with van der Waals surface area (Å²) in [5, 5.41) is 19.9. The lowest BCUT2D eigenvalue weighted by molar-refractivity contribution is 0.00503. The van der Waals surface area contributed by atoms with Crippen molar-refractivity contribution in [2.24, 2.45) is 0 Å². The molecule has 252 valence electrons. The molecule has 1 atom stereocenters. The Balaban J connectivity index is 1.03. The predicted octanol–water partition coefficient (Wildman–Crippen LogP) is 4.62. The number of hydrogen-bond acceptors (Lipinski definition) is 13. The van der Waals surface area contributed by atoms with Crippen molar-refractivity contribution in [3.05, 3.63) is 66.5 Å². The highest BCUT2D eigenvalue weighted by molar-refractivity contribution is 6.32. The van der Waals surface area contributed by atoms with Gasteiger partial charge in [0.15, 0.2) is 5.89 Å². The van der Waals surface area contributed by atoms with E-state index in [1.165, 1.54) is 0 Å². The highest BCUT2D eigenvalue weighted by atomic mass is 35.5. The van der Waals surface area contributed by atoms with E-state index in [1.807, 2.05) is 29.9 Å². The quantitative estimate of drug-likeness (QED) is 0.185. The Hall–Kier alpha value is -4.60. The molecule has 0 unspecified atom stereocenters. The first kappa shape index (κ1) is 32.0. The summed E-state index contributed by atoms with van der Waals surface area (Å²) in [5.41, 5.74) is 2.38. The third kappa shape index (κ3) is 7.91. The van der Waals surface area contributed by atoms with Crippen LogP contribution >= 0.6 is 11.6 Å². The van der Waals surface area contributed by atoms with Crippen LogP contribution in [0, 0.1) is 0 Å². The Bertz CT molecular complexity index is 1720. The van der Waals surface area contributed by atoms with Gasteiger partial charge in [-0.2, -0.15) is 0 Å². The minimum absolute atomic E-state index is 0.212. The second kappa shape index (κ2) is 15.1. The van der Waals surface area contributed by atoms with E-state index < -0.39 is 0 Å². The molecule has 1 aromatic carbocycles. The summed E-state index contributed by atoms with van der Waals surface area (Å²) in [6.07, 6.45) is 14.9. The van der Waals surface area contributed by atoms with Gasteiger partial charge in [0, 0.05) is 37.1 Å². The molecule has 1 saturated heterocycles. The van der Waals surface area contributed by atoms with Crippen LogP contribution in [0.2, 0.25) is 5.02 Å². The number of aromatic nitrogens is 9. The van der Waals surface area contributed by atoms with Crippen molar-refractivity contribution in [2.75, 3.05) is 38.2 Å². The second-order valence-corrected chi connectivity index (χ2v) is 12.4. The van der Waals surface area contributed by atoms with Gasteiger partial charge in [0.2, 0.25) is 5.95 Å². The van der Waals surface area contributed by atoms with Crippen molar-refractivity contribution in [3.8, 4) is 22.8 Å². The van der Waals surface area contributed by atoms with Crippen molar-refractivity contribution >= 4 is 23.2 Å². The van der Waals surface area contributed by atoms with Crippen LogP contribution in [-0.2, 0) is 17.7 Å². The summed E-state index contributed by atoms with van der Waals surface area (Å²) in [6.45, 7) is 6.45. The fourth-order valence-corrected chi connectivity index (χ4v) is 6.38. The average molecular weight is 676 g/mol. The number of nitrogens with one attached hydrogen (secondary N) is 1. The number of oxazole rings is 1. The van der Waals surface area contributed by atoms with E-state index in [-0.39, 0.29) is 12.1 Å². The van der Waals surface area contributed by atoms with Crippen molar-refractivity contribution < 1.29 is 18.6 Å². The van der Waals surface area contributed by atoms with Gasteiger partial charge in [-0.3, -0.25) is 9.58 Å². The molecule has 0 amide bonds. The zero-order chi connectivity index (χ0) is 32.7. The summed E-state index contributed by atoms with van der Waals surface area (Å²) in [5.74, 6) is 2.07. The number of tetrazole rings is 1. The minimum Gasteiger partial charge on any atom is -0.487 e. The van der Waals surface area contributed by atoms with Gasteiger partial charge in [0.05, 0.1) is 56.2 Å². The Morgan fingerprint density at radius 1 is 1.04 bits per heavy atom. The van der Waals surface area contributed by atoms with Crippen molar-refractivity contribution in [1.82, 2.24) is 49.8 Å². The lowest BCUT2D eigenvalue weighted by Gasteiger charge is -2.38. The number of benzene rings is 1. The zero-order valence-electron chi connectivity index (χ0n) is 26.7. The maximum Gasteiger partial charge on any atom is 0.256 e. The minimum atomic E-state index is -0.212. The molecular weight excluding hydrogens is 638 g/mol. The number of hydrogen-bond donors (Lipinski definition) is 1. The van der Waals surface area contributed by atoms with Gasteiger partial charge in [-0.05, 0) is 60.7 Å². The monoisotopic (exact) mass is 675 g/mol.